The van der Waals surface area contributed by atoms with Crippen LogP contribution in [0.5, 0.6) is 0 Å². The quantitative estimate of drug-likeness (QED) is 0.723. The lowest BCUT2D eigenvalue weighted by Crippen LogP contribution is -2.46. The normalized spacial score (nSPS) is 16.9. The summed E-state index contributed by atoms with van der Waals surface area (Å²) in [6, 6.07) is 3.24. The van der Waals surface area contributed by atoms with E-state index in [1.54, 1.807) is 17.5 Å². The maximum Gasteiger partial charge on any atom is 0.250 e. The number of nitrogens with one attached hydrogen (secondary N) is 2. The van der Waals surface area contributed by atoms with Crippen molar-refractivity contribution in [3.8, 4) is 0 Å². The first-order valence-electron chi connectivity index (χ1n) is 7.51. The number of nitrogens with zero attached hydrogens (tertiary/aromatic N) is 1. The molecular formula is C14H23N3O3S2. The molecule has 1 aromatic heterocycles. The van der Waals surface area contributed by atoms with Crippen molar-refractivity contribution in [2.24, 2.45) is 0 Å². The summed E-state index contributed by atoms with van der Waals surface area (Å²) in [4.78, 5) is 13.9. The molecule has 1 fully saturated rings. The fourth-order valence-electron chi connectivity index (χ4n) is 2.52. The van der Waals surface area contributed by atoms with Gasteiger partial charge in [0.05, 0.1) is 0 Å². The van der Waals surface area contributed by atoms with Gasteiger partial charge in [-0.15, -0.1) is 11.3 Å². The molecule has 0 aliphatic carbocycles. The van der Waals surface area contributed by atoms with Gasteiger partial charge in [-0.1, -0.05) is 6.07 Å². The van der Waals surface area contributed by atoms with Crippen molar-refractivity contribution < 1.29 is 13.2 Å². The molecule has 0 atom stereocenters. The van der Waals surface area contributed by atoms with Gasteiger partial charge in [0, 0.05) is 25.6 Å². The molecule has 8 heteroatoms. The van der Waals surface area contributed by atoms with Crippen LogP contribution in [0.1, 0.15) is 25.7 Å². The van der Waals surface area contributed by atoms with Crippen LogP contribution in [0.2, 0.25) is 0 Å². The van der Waals surface area contributed by atoms with Crippen molar-refractivity contribution in [3.05, 3.63) is 17.5 Å². The molecule has 2 rings (SSSR count). The summed E-state index contributed by atoms with van der Waals surface area (Å²) in [5, 5.41) is 4.78. The van der Waals surface area contributed by atoms with Gasteiger partial charge in [0.25, 0.3) is 0 Å². The van der Waals surface area contributed by atoms with E-state index >= 15 is 0 Å². The molecule has 0 bridgehead atoms. The minimum atomic E-state index is -3.42. The Morgan fingerprint density at radius 3 is 2.73 bits per heavy atom. The number of likely N-dealkylation sites (tertiary alicyclic amines) is 1. The summed E-state index contributed by atoms with van der Waals surface area (Å²) in [5.74, 6) is 0.162. The zero-order chi connectivity index (χ0) is 16.0. The first kappa shape index (κ1) is 17.4. The zero-order valence-electron chi connectivity index (χ0n) is 12.7. The lowest BCUT2D eigenvalue weighted by atomic mass is 10.1. The molecule has 2 N–H and O–H groups in total. The molecule has 1 aromatic rings. The molecule has 0 spiro atoms. The lowest BCUT2D eigenvalue weighted by molar-refractivity contribution is -0.132. The molecule has 22 heavy (non-hydrogen) atoms. The van der Waals surface area contributed by atoms with E-state index in [1.165, 1.54) is 11.3 Å². The van der Waals surface area contributed by atoms with Gasteiger partial charge in [0.2, 0.25) is 15.9 Å². The van der Waals surface area contributed by atoms with Crippen LogP contribution in [-0.4, -0.2) is 51.9 Å². The Balaban J connectivity index is 1.79. The second-order valence-electron chi connectivity index (χ2n) is 5.42. The maximum atomic E-state index is 12.2. The first-order chi connectivity index (χ1) is 10.5. The summed E-state index contributed by atoms with van der Waals surface area (Å²) in [5.41, 5.74) is 0. The number of hydrogen-bond donors (Lipinski definition) is 2. The smallest absolute Gasteiger partial charge is 0.250 e. The molecule has 6 nitrogen and oxygen atoms in total. The molecular weight excluding hydrogens is 322 g/mol. The van der Waals surface area contributed by atoms with Gasteiger partial charge in [0.15, 0.2) is 0 Å². The van der Waals surface area contributed by atoms with Crippen molar-refractivity contribution in [1.82, 2.24) is 14.9 Å². The van der Waals surface area contributed by atoms with Crippen LogP contribution in [-0.2, 0) is 14.8 Å². The van der Waals surface area contributed by atoms with Crippen molar-refractivity contribution in [2.45, 2.75) is 35.9 Å². The van der Waals surface area contributed by atoms with E-state index in [2.05, 4.69) is 10.0 Å². The largest absolute Gasteiger partial charge is 0.343 e. The molecule has 124 valence electrons. The number of thiophene rings is 1. The molecule has 0 aromatic carbocycles. The van der Waals surface area contributed by atoms with Gasteiger partial charge in [0.1, 0.15) is 4.21 Å². The molecule has 2 heterocycles. The van der Waals surface area contributed by atoms with E-state index in [-0.39, 0.29) is 11.9 Å². The Bertz CT molecular complexity index is 564. The highest BCUT2D eigenvalue weighted by molar-refractivity contribution is 7.91. The minimum absolute atomic E-state index is 0.0894. The van der Waals surface area contributed by atoms with E-state index < -0.39 is 10.0 Å². The monoisotopic (exact) mass is 345 g/mol. The fraction of sp³-hybridized carbons (Fsp3) is 0.643. The Labute approximate surface area is 135 Å². The summed E-state index contributed by atoms with van der Waals surface area (Å²) < 4.78 is 27.4. The Morgan fingerprint density at radius 2 is 2.14 bits per heavy atom. The van der Waals surface area contributed by atoms with Crippen LogP contribution < -0.4 is 10.0 Å². The van der Waals surface area contributed by atoms with E-state index in [4.69, 9.17) is 0 Å². The van der Waals surface area contributed by atoms with Gasteiger partial charge < -0.3 is 10.2 Å². The van der Waals surface area contributed by atoms with Gasteiger partial charge in [-0.05, 0) is 44.3 Å². The van der Waals surface area contributed by atoms with Crippen molar-refractivity contribution in [2.75, 3.05) is 26.7 Å². The number of carbonyl (C=O) groups is 1. The number of amides is 1. The highest BCUT2D eigenvalue weighted by atomic mass is 32.2. The summed E-state index contributed by atoms with van der Waals surface area (Å²) >= 11 is 1.21. The van der Waals surface area contributed by atoms with Crippen LogP contribution in [0.15, 0.2) is 21.7 Å². The molecule has 1 saturated heterocycles. The van der Waals surface area contributed by atoms with Gasteiger partial charge in [-0.2, -0.15) is 0 Å². The molecule has 1 aliphatic rings. The Kier molecular flexibility index (Phi) is 6.37. The second-order valence-corrected chi connectivity index (χ2v) is 8.30. The van der Waals surface area contributed by atoms with E-state index in [0.717, 1.165) is 13.0 Å². The predicted molar refractivity (Wildman–Crippen MR) is 87.4 cm³/mol. The van der Waals surface area contributed by atoms with Crippen LogP contribution in [0.25, 0.3) is 0 Å². The van der Waals surface area contributed by atoms with Crippen LogP contribution in [0, 0.1) is 0 Å². The summed E-state index contributed by atoms with van der Waals surface area (Å²) in [6.07, 6.45) is 2.72. The van der Waals surface area contributed by atoms with Crippen molar-refractivity contribution in [3.63, 3.8) is 0 Å². The lowest BCUT2D eigenvalue weighted by Gasteiger charge is -2.32. The molecule has 0 saturated carbocycles. The first-order valence-corrected chi connectivity index (χ1v) is 9.87. The topological polar surface area (TPSA) is 78.5 Å². The third-order valence-corrected chi connectivity index (χ3v) is 6.66. The third-order valence-electron chi connectivity index (χ3n) is 3.75. The Morgan fingerprint density at radius 1 is 1.41 bits per heavy atom. The number of carbonyl (C=O) groups excluding carboxylic acids is 1. The molecule has 1 amide bonds. The average Bonchev–Trinajstić information content (AvgIpc) is 3.03. The van der Waals surface area contributed by atoms with E-state index in [0.29, 0.717) is 36.6 Å². The van der Waals surface area contributed by atoms with Gasteiger partial charge >= 0.3 is 0 Å². The highest BCUT2D eigenvalue weighted by Crippen LogP contribution is 2.19. The summed E-state index contributed by atoms with van der Waals surface area (Å²) in [6.45, 7) is 2.08. The van der Waals surface area contributed by atoms with Crippen LogP contribution in [0.3, 0.4) is 0 Å². The fourth-order valence-corrected chi connectivity index (χ4v) is 4.83. The van der Waals surface area contributed by atoms with Crippen molar-refractivity contribution in [1.29, 1.82) is 0 Å². The second kappa shape index (κ2) is 8.05. The number of hydrogen-bond acceptors (Lipinski definition) is 5. The Hall–Kier alpha value is -0.960. The summed E-state index contributed by atoms with van der Waals surface area (Å²) in [7, 11) is -1.54. The maximum absolute atomic E-state index is 12.2. The predicted octanol–water partition coefficient (Wildman–Crippen LogP) is 1.02. The van der Waals surface area contributed by atoms with Gasteiger partial charge in [-0.25, -0.2) is 13.1 Å². The highest BCUT2D eigenvalue weighted by Gasteiger charge is 2.26. The number of piperidine rings is 1. The molecule has 1 aliphatic heterocycles. The van der Waals surface area contributed by atoms with E-state index in [1.807, 2.05) is 11.9 Å². The molecule has 0 unspecified atom stereocenters. The molecule has 0 radical (unpaired) electrons. The van der Waals surface area contributed by atoms with Crippen LogP contribution in [0.4, 0.5) is 0 Å². The number of rotatable bonds is 7. The zero-order valence-corrected chi connectivity index (χ0v) is 14.4. The standard InChI is InChI=1S/C14H23N3O3S2/c1-15-8-2-4-13(18)17-9-6-12(7-10-17)16-22(19,20)14-5-3-11-21-14/h3,5,11-12,15-16H,2,4,6-10H2,1H3. The van der Waals surface area contributed by atoms with E-state index in [9.17, 15) is 13.2 Å². The third kappa shape index (κ3) is 4.77. The SMILES string of the molecule is CNCCCC(=O)N1CCC(NS(=O)(=O)c2cccs2)CC1. The number of sulfonamides is 1. The van der Waals surface area contributed by atoms with Gasteiger partial charge in [-0.3, -0.25) is 4.79 Å². The average molecular weight is 345 g/mol. The van der Waals surface area contributed by atoms with Crippen LogP contribution >= 0.6 is 11.3 Å². The van der Waals surface area contributed by atoms with Crippen molar-refractivity contribution >= 4 is 27.3 Å². The minimum Gasteiger partial charge on any atom is -0.343 e.